The molecule has 94 valence electrons. The van der Waals surface area contributed by atoms with Crippen LogP contribution in [0.1, 0.15) is 17.3 Å². The Bertz CT molecular complexity index is 404. The van der Waals surface area contributed by atoms with Crippen molar-refractivity contribution in [2.75, 3.05) is 39.1 Å². The number of carbonyl (C=O) groups excluding carboxylic acids is 1. The van der Waals surface area contributed by atoms with Gasteiger partial charge in [0.1, 0.15) is 5.82 Å². The van der Waals surface area contributed by atoms with Crippen molar-refractivity contribution >= 4 is 11.5 Å². The van der Waals surface area contributed by atoms with Crippen molar-refractivity contribution in [1.29, 1.82) is 0 Å². The third-order valence-corrected chi connectivity index (χ3v) is 2.65. The molecule has 0 fully saturated rings. The van der Waals surface area contributed by atoms with Crippen molar-refractivity contribution in [3.8, 4) is 0 Å². The Balaban J connectivity index is 2.81. The van der Waals surface area contributed by atoms with Gasteiger partial charge in [0.2, 0.25) is 0 Å². The van der Waals surface area contributed by atoms with Crippen LogP contribution in [0.2, 0.25) is 0 Å². The highest BCUT2D eigenvalue weighted by atomic mass is 19.1. The fourth-order valence-corrected chi connectivity index (χ4v) is 1.51. The number of carbonyl (C=O) groups is 1. The van der Waals surface area contributed by atoms with E-state index in [1.165, 1.54) is 13.0 Å². The van der Waals surface area contributed by atoms with Crippen molar-refractivity contribution in [3.63, 3.8) is 0 Å². The normalized spacial score (nSPS) is 10.7. The smallest absolute Gasteiger partial charge is 0.159 e. The highest BCUT2D eigenvalue weighted by molar-refractivity contribution is 5.94. The SMILES string of the molecule is CC(=O)c1ccc(N(C)CCN(C)C)c(F)c1. The molecule has 0 aromatic heterocycles. The quantitative estimate of drug-likeness (QED) is 0.733. The number of hydrogen-bond acceptors (Lipinski definition) is 3. The Morgan fingerprint density at radius 2 is 1.88 bits per heavy atom. The van der Waals surface area contributed by atoms with Gasteiger partial charge >= 0.3 is 0 Å². The molecule has 4 heteroatoms. The van der Waals surface area contributed by atoms with Crippen LogP contribution in [-0.4, -0.2) is 44.9 Å². The van der Waals surface area contributed by atoms with Crippen LogP contribution in [-0.2, 0) is 0 Å². The molecule has 0 heterocycles. The van der Waals surface area contributed by atoms with Crippen molar-refractivity contribution in [2.24, 2.45) is 0 Å². The Morgan fingerprint density at radius 1 is 1.24 bits per heavy atom. The van der Waals surface area contributed by atoms with Crippen LogP contribution in [0.25, 0.3) is 0 Å². The molecule has 0 aliphatic heterocycles. The van der Waals surface area contributed by atoms with E-state index in [0.29, 0.717) is 11.3 Å². The van der Waals surface area contributed by atoms with Gasteiger partial charge in [0, 0.05) is 25.7 Å². The first-order valence-electron chi connectivity index (χ1n) is 5.58. The lowest BCUT2D eigenvalue weighted by atomic mass is 10.1. The lowest BCUT2D eigenvalue weighted by Gasteiger charge is -2.22. The van der Waals surface area contributed by atoms with Gasteiger partial charge in [0.25, 0.3) is 0 Å². The Hall–Kier alpha value is -1.42. The maximum absolute atomic E-state index is 13.8. The molecule has 0 radical (unpaired) electrons. The molecule has 0 amide bonds. The van der Waals surface area contributed by atoms with Gasteiger partial charge in [-0.05, 0) is 39.2 Å². The van der Waals surface area contributed by atoms with Gasteiger partial charge in [-0.2, -0.15) is 0 Å². The number of hydrogen-bond donors (Lipinski definition) is 0. The first-order valence-corrected chi connectivity index (χ1v) is 5.58. The predicted molar refractivity (Wildman–Crippen MR) is 68.2 cm³/mol. The van der Waals surface area contributed by atoms with E-state index in [4.69, 9.17) is 0 Å². The van der Waals surface area contributed by atoms with Gasteiger partial charge in [0.15, 0.2) is 5.78 Å². The summed E-state index contributed by atoms with van der Waals surface area (Å²) in [6.07, 6.45) is 0. The molecule has 0 saturated carbocycles. The van der Waals surface area contributed by atoms with E-state index in [-0.39, 0.29) is 11.6 Å². The van der Waals surface area contributed by atoms with Crippen LogP contribution in [0.15, 0.2) is 18.2 Å². The third kappa shape index (κ3) is 3.82. The number of benzene rings is 1. The van der Waals surface area contributed by atoms with Gasteiger partial charge < -0.3 is 9.80 Å². The van der Waals surface area contributed by atoms with E-state index in [1.54, 1.807) is 12.1 Å². The van der Waals surface area contributed by atoms with E-state index in [2.05, 4.69) is 0 Å². The zero-order valence-corrected chi connectivity index (χ0v) is 10.8. The summed E-state index contributed by atoms with van der Waals surface area (Å²) < 4.78 is 13.8. The van der Waals surface area contributed by atoms with Crippen molar-refractivity contribution in [1.82, 2.24) is 4.90 Å². The lowest BCUT2D eigenvalue weighted by molar-refractivity contribution is 0.101. The molecule has 0 saturated heterocycles. The summed E-state index contributed by atoms with van der Waals surface area (Å²) in [5.41, 5.74) is 0.934. The van der Waals surface area contributed by atoms with Crippen LogP contribution in [0.4, 0.5) is 10.1 Å². The van der Waals surface area contributed by atoms with Gasteiger partial charge in [-0.3, -0.25) is 4.79 Å². The number of ketones is 1. The number of Topliss-reactive ketones (excluding diaryl/α,β-unsaturated/α-hetero) is 1. The average Bonchev–Trinajstić information content (AvgIpc) is 2.25. The summed E-state index contributed by atoms with van der Waals surface area (Å²) in [6.45, 7) is 3.03. The van der Waals surface area contributed by atoms with Gasteiger partial charge in [-0.15, -0.1) is 0 Å². The van der Waals surface area contributed by atoms with Gasteiger partial charge in [-0.25, -0.2) is 4.39 Å². The van der Waals surface area contributed by atoms with E-state index < -0.39 is 0 Å². The zero-order valence-electron chi connectivity index (χ0n) is 10.8. The second-order valence-electron chi connectivity index (χ2n) is 4.45. The predicted octanol–water partition coefficient (Wildman–Crippen LogP) is 2.03. The molecule has 0 bridgehead atoms. The van der Waals surface area contributed by atoms with E-state index in [0.717, 1.165) is 13.1 Å². The fourth-order valence-electron chi connectivity index (χ4n) is 1.51. The van der Waals surface area contributed by atoms with Crippen LogP contribution in [0.3, 0.4) is 0 Å². The molecule has 0 aliphatic carbocycles. The second kappa shape index (κ2) is 5.77. The first kappa shape index (κ1) is 13.6. The molecule has 17 heavy (non-hydrogen) atoms. The first-order chi connectivity index (χ1) is 7.91. The molecule has 1 rings (SSSR count). The van der Waals surface area contributed by atoms with E-state index in [1.807, 2.05) is 30.9 Å². The van der Waals surface area contributed by atoms with Gasteiger partial charge in [-0.1, -0.05) is 0 Å². The summed E-state index contributed by atoms with van der Waals surface area (Å²) in [5.74, 6) is -0.467. The molecular formula is C13H19FN2O. The minimum absolute atomic E-state index is 0.119. The monoisotopic (exact) mass is 238 g/mol. The Kier molecular flexibility index (Phi) is 4.63. The fraction of sp³-hybridized carbons (Fsp3) is 0.462. The molecule has 3 nitrogen and oxygen atoms in total. The summed E-state index contributed by atoms with van der Waals surface area (Å²) in [6, 6.07) is 4.61. The highest BCUT2D eigenvalue weighted by Gasteiger charge is 2.10. The summed E-state index contributed by atoms with van der Waals surface area (Å²) in [5, 5.41) is 0. The maximum atomic E-state index is 13.8. The molecular weight excluding hydrogens is 219 g/mol. The molecule has 1 aromatic carbocycles. The minimum atomic E-state index is -0.348. The van der Waals surface area contributed by atoms with Crippen LogP contribution in [0.5, 0.6) is 0 Å². The van der Waals surface area contributed by atoms with Crippen molar-refractivity contribution in [3.05, 3.63) is 29.6 Å². The highest BCUT2D eigenvalue weighted by Crippen LogP contribution is 2.19. The maximum Gasteiger partial charge on any atom is 0.159 e. The Labute approximate surface area is 102 Å². The molecule has 0 unspecified atom stereocenters. The summed E-state index contributed by atoms with van der Waals surface area (Å²) in [4.78, 5) is 15.0. The zero-order chi connectivity index (χ0) is 13.0. The number of rotatable bonds is 5. The lowest BCUT2D eigenvalue weighted by Crippen LogP contribution is -2.29. The largest absolute Gasteiger partial charge is 0.371 e. The van der Waals surface area contributed by atoms with Gasteiger partial charge in [0.05, 0.1) is 5.69 Å². The van der Waals surface area contributed by atoms with E-state index in [9.17, 15) is 9.18 Å². The summed E-state index contributed by atoms with van der Waals surface area (Å²) >= 11 is 0. The molecule has 0 aliphatic rings. The Morgan fingerprint density at radius 3 is 2.35 bits per heavy atom. The molecule has 0 N–H and O–H groups in total. The minimum Gasteiger partial charge on any atom is -0.371 e. The van der Waals surface area contributed by atoms with Crippen LogP contribution >= 0.6 is 0 Å². The average molecular weight is 238 g/mol. The summed E-state index contributed by atoms with van der Waals surface area (Å²) in [7, 11) is 5.79. The second-order valence-corrected chi connectivity index (χ2v) is 4.45. The standard InChI is InChI=1S/C13H19FN2O/c1-10(17)11-5-6-13(12(14)9-11)16(4)8-7-15(2)3/h5-6,9H,7-8H2,1-4H3. The van der Waals surface area contributed by atoms with Crippen molar-refractivity contribution < 1.29 is 9.18 Å². The third-order valence-electron chi connectivity index (χ3n) is 2.65. The number of anilines is 1. The van der Waals surface area contributed by atoms with E-state index >= 15 is 0 Å². The molecule has 0 spiro atoms. The topological polar surface area (TPSA) is 23.6 Å². The number of likely N-dealkylation sites (N-methyl/N-ethyl adjacent to an activating group) is 2. The number of nitrogens with zero attached hydrogens (tertiary/aromatic N) is 2. The van der Waals surface area contributed by atoms with Crippen LogP contribution in [0, 0.1) is 5.82 Å². The van der Waals surface area contributed by atoms with Crippen molar-refractivity contribution in [2.45, 2.75) is 6.92 Å². The number of halogens is 1. The molecule has 1 aromatic rings. The molecule has 0 atom stereocenters. The van der Waals surface area contributed by atoms with Crippen LogP contribution < -0.4 is 4.90 Å².